The lowest BCUT2D eigenvalue weighted by molar-refractivity contribution is 0.542. The van der Waals surface area contributed by atoms with Crippen molar-refractivity contribution in [1.82, 2.24) is 15.0 Å². The molecule has 0 aromatic carbocycles. The van der Waals surface area contributed by atoms with Gasteiger partial charge in [0.25, 0.3) is 0 Å². The summed E-state index contributed by atoms with van der Waals surface area (Å²) in [5.41, 5.74) is 0.993. The number of hydrogen-bond donors (Lipinski definition) is 0. The second-order valence-corrected chi connectivity index (χ2v) is 3.86. The Bertz CT molecular complexity index is 432. The molecule has 5 heteroatoms. The molecule has 15 heavy (non-hydrogen) atoms. The fourth-order valence-corrected chi connectivity index (χ4v) is 1.82. The molecule has 0 radical (unpaired) electrons. The van der Waals surface area contributed by atoms with E-state index in [1.807, 2.05) is 19.1 Å². The van der Waals surface area contributed by atoms with Crippen LogP contribution in [0.2, 0.25) is 0 Å². The van der Waals surface area contributed by atoms with Gasteiger partial charge in [0.15, 0.2) is 5.03 Å². The van der Waals surface area contributed by atoms with E-state index < -0.39 is 5.95 Å². The molecule has 2 heterocycles. The Labute approximate surface area is 90.8 Å². The molecule has 2 rings (SSSR count). The van der Waals surface area contributed by atoms with Crippen molar-refractivity contribution in [2.45, 2.75) is 17.0 Å². The first-order chi connectivity index (χ1) is 7.27. The van der Waals surface area contributed by atoms with Crippen molar-refractivity contribution in [2.75, 3.05) is 0 Å². The second-order valence-electron chi connectivity index (χ2n) is 2.88. The maximum absolute atomic E-state index is 13.2. The molecule has 0 aliphatic carbocycles. The smallest absolute Gasteiger partial charge is 0.245 e. The minimum absolute atomic E-state index is 0.249. The van der Waals surface area contributed by atoms with Crippen LogP contribution in [0.25, 0.3) is 0 Å². The van der Waals surface area contributed by atoms with E-state index in [1.165, 1.54) is 24.2 Å². The van der Waals surface area contributed by atoms with Crippen LogP contribution in [-0.2, 0) is 0 Å². The summed E-state index contributed by atoms with van der Waals surface area (Å²) in [6.45, 7) is 1.92. The van der Waals surface area contributed by atoms with Crippen LogP contribution in [-0.4, -0.2) is 15.0 Å². The van der Waals surface area contributed by atoms with Gasteiger partial charge in [0, 0.05) is 18.6 Å². The molecule has 76 valence electrons. The Hall–Kier alpha value is -1.49. The van der Waals surface area contributed by atoms with Crippen LogP contribution in [0, 0.1) is 12.9 Å². The first kappa shape index (κ1) is 10.0. The van der Waals surface area contributed by atoms with Crippen LogP contribution in [0.15, 0.2) is 40.8 Å². The molecule has 0 aliphatic rings. The van der Waals surface area contributed by atoms with Crippen molar-refractivity contribution in [2.24, 2.45) is 0 Å². The van der Waals surface area contributed by atoms with Gasteiger partial charge in [-0.3, -0.25) is 0 Å². The molecule has 0 fully saturated rings. The molecule has 0 spiro atoms. The van der Waals surface area contributed by atoms with Crippen molar-refractivity contribution in [3.63, 3.8) is 0 Å². The standard InChI is InChI=1S/C10H8FN3S/c1-7-3-2-4-13-9(7)15-10-8(11)12-5-6-14-10/h2-6H,1H3. The molecule has 0 amide bonds. The minimum atomic E-state index is -0.562. The summed E-state index contributed by atoms with van der Waals surface area (Å²) in [7, 11) is 0. The third kappa shape index (κ3) is 2.30. The van der Waals surface area contributed by atoms with Crippen LogP contribution >= 0.6 is 11.8 Å². The Morgan fingerprint density at radius 1 is 1.07 bits per heavy atom. The predicted molar refractivity (Wildman–Crippen MR) is 55.1 cm³/mol. The van der Waals surface area contributed by atoms with E-state index in [9.17, 15) is 4.39 Å². The van der Waals surface area contributed by atoms with Crippen molar-refractivity contribution in [3.8, 4) is 0 Å². The normalized spacial score (nSPS) is 10.3. The number of nitrogens with zero attached hydrogens (tertiary/aromatic N) is 3. The summed E-state index contributed by atoms with van der Waals surface area (Å²) in [6, 6.07) is 3.76. The maximum atomic E-state index is 13.2. The molecule has 0 aliphatic heterocycles. The molecule has 0 saturated heterocycles. The zero-order chi connectivity index (χ0) is 10.7. The lowest BCUT2D eigenvalue weighted by atomic mass is 10.3. The first-order valence-electron chi connectivity index (χ1n) is 4.33. The SMILES string of the molecule is Cc1cccnc1Sc1nccnc1F. The topological polar surface area (TPSA) is 38.7 Å². The van der Waals surface area contributed by atoms with Crippen LogP contribution in [0.5, 0.6) is 0 Å². The summed E-state index contributed by atoms with van der Waals surface area (Å²) < 4.78 is 13.2. The summed E-state index contributed by atoms with van der Waals surface area (Å²) in [5, 5.41) is 0.996. The summed E-state index contributed by atoms with van der Waals surface area (Å²) in [4.78, 5) is 11.6. The highest BCUT2D eigenvalue weighted by Crippen LogP contribution is 2.27. The van der Waals surface area contributed by atoms with Crippen molar-refractivity contribution >= 4 is 11.8 Å². The largest absolute Gasteiger partial charge is 0.249 e. The average Bonchev–Trinajstić information content (AvgIpc) is 2.24. The van der Waals surface area contributed by atoms with Gasteiger partial charge in [-0.2, -0.15) is 4.39 Å². The van der Waals surface area contributed by atoms with E-state index in [4.69, 9.17) is 0 Å². The van der Waals surface area contributed by atoms with E-state index in [2.05, 4.69) is 15.0 Å². The van der Waals surface area contributed by atoms with E-state index in [0.29, 0.717) is 0 Å². The monoisotopic (exact) mass is 221 g/mol. The number of aryl methyl sites for hydroxylation is 1. The third-order valence-corrected chi connectivity index (χ3v) is 2.87. The summed E-state index contributed by atoms with van der Waals surface area (Å²) >= 11 is 1.18. The minimum Gasteiger partial charge on any atom is -0.249 e. The Kier molecular flexibility index (Phi) is 2.91. The number of halogens is 1. The summed E-state index contributed by atoms with van der Waals surface area (Å²) in [5.74, 6) is -0.562. The highest BCUT2D eigenvalue weighted by molar-refractivity contribution is 7.99. The van der Waals surface area contributed by atoms with Gasteiger partial charge in [-0.1, -0.05) is 6.07 Å². The molecule has 0 unspecified atom stereocenters. The Balaban J connectivity index is 2.30. The van der Waals surface area contributed by atoms with Crippen molar-refractivity contribution in [3.05, 3.63) is 42.2 Å². The van der Waals surface area contributed by atoms with Gasteiger partial charge in [-0.25, -0.2) is 15.0 Å². The van der Waals surface area contributed by atoms with Gasteiger partial charge in [-0.15, -0.1) is 0 Å². The molecular formula is C10H8FN3S. The van der Waals surface area contributed by atoms with E-state index in [-0.39, 0.29) is 5.03 Å². The zero-order valence-electron chi connectivity index (χ0n) is 8.01. The van der Waals surface area contributed by atoms with Gasteiger partial charge in [0.1, 0.15) is 5.03 Å². The van der Waals surface area contributed by atoms with Crippen LogP contribution in [0.4, 0.5) is 4.39 Å². The van der Waals surface area contributed by atoms with Gasteiger partial charge in [-0.05, 0) is 30.3 Å². The molecule has 0 N–H and O–H groups in total. The predicted octanol–water partition coefficient (Wildman–Crippen LogP) is 2.47. The fraction of sp³-hybridized carbons (Fsp3) is 0.100. The van der Waals surface area contributed by atoms with Gasteiger partial charge < -0.3 is 0 Å². The summed E-state index contributed by atoms with van der Waals surface area (Å²) in [6.07, 6.45) is 4.46. The van der Waals surface area contributed by atoms with Gasteiger partial charge in [0.05, 0.1) is 0 Å². The second kappa shape index (κ2) is 4.35. The zero-order valence-corrected chi connectivity index (χ0v) is 8.83. The highest BCUT2D eigenvalue weighted by Gasteiger charge is 2.08. The average molecular weight is 221 g/mol. The fourth-order valence-electron chi connectivity index (χ4n) is 1.05. The molecule has 2 aromatic rings. The number of hydrogen-bond acceptors (Lipinski definition) is 4. The molecule has 0 saturated carbocycles. The molecule has 0 atom stereocenters. The number of aromatic nitrogens is 3. The Morgan fingerprint density at radius 2 is 1.80 bits per heavy atom. The highest BCUT2D eigenvalue weighted by atomic mass is 32.2. The quantitative estimate of drug-likeness (QED) is 0.780. The maximum Gasteiger partial charge on any atom is 0.245 e. The van der Waals surface area contributed by atoms with Crippen molar-refractivity contribution < 1.29 is 4.39 Å². The van der Waals surface area contributed by atoms with E-state index in [1.54, 1.807) is 6.20 Å². The van der Waals surface area contributed by atoms with E-state index >= 15 is 0 Å². The van der Waals surface area contributed by atoms with Crippen molar-refractivity contribution in [1.29, 1.82) is 0 Å². The molecular weight excluding hydrogens is 213 g/mol. The number of pyridine rings is 1. The molecule has 3 nitrogen and oxygen atoms in total. The number of rotatable bonds is 2. The van der Waals surface area contributed by atoms with E-state index in [0.717, 1.165) is 10.6 Å². The molecule has 2 aromatic heterocycles. The van der Waals surface area contributed by atoms with Crippen LogP contribution in [0.1, 0.15) is 5.56 Å². The first-order valence-corrected chi connectivity index (χ1v) is 5.15. The van der Waals surface area contributed by atoms with Crippen LogP contribution in [0.3, 0.4) is 0 Å². The van der Waals surface area contributed by atoms with Crippen LogP contribution < -0.4 is 0 Å². The lowest BCUT2D eigenvalue weighted by Crippen LogP contribution is -1.91. The van der Waals surface area contributed by atoms with Gasteiger partial charge >= 0.3 is 0 Å². The van der Waals surface area contributed by atoms with Gasteiger partial charge in [0.2, 0.25) is 5.95 Å². The molecule has 0 bridgehead atoms. The Morgan fingerprint density at radius 3 is 2.53 bits per heavy atom. The third-order valence-electron chi connectivity index (χ3n) is 1.78. The lowest BCUT2D eigenvalue weighted by Gasteiger charge is -2.02.